The van der Waals surface area contributed by atoms with Gasteiger partial charge in [-0.3, -0.25) is 9.69 Å². The number of hydrogen-bond acceptors (Lipinski definition) is 3. The average molecular weight is 247 g/mol. The fourth-order valence-corrected chi connectivity index (χ4v) is 2.45. The molecule has 2 unspecified atom stereocenters. The number of hydrogen-bond donors (Lipinski definition) is 2. The van der Waals surface area contributed by atoms with Crippen molar-refractivity contribution < 1.29 is 4.79 Å². The lowest BCUT2D eigenvalue weighted by atomic mass is 10.1. The Balaban J connectivity index is 2.17. The van der Waals surface area contributed by atoms with Gasteiger partial charge in [0.15, 0.2) is 0 Å². The first-order valence-corrected chi connectivity index (χ1v) is 6.50. The summed E-state index contributed by atoms with van der Waals surface area (Å²) in [5, 5.41) is 2.93. The van der Waals surface area contributed by atoms with Crippen LogP contribution in [0.5, 0.6) is 0 Å². The second kappa shape index (κ2) is 5.98. The summed E-state index contributed by atoms with van der Waals surface area (Å²) in [6.07, 6.45) is 0.967. The SMILES string of the molecule is CC1CCNC(=O)C(CN)N1Cc1ccccc1. The topological polar surface area (TPSA) is 58.4 Å². The summed E-state index contributed by atoms with van der Waals surface area (Å²) in [5.74, 6) is 0.0535. The van der Waals surface area contributed by atoms with E-state index in [1.165, 1.54) is 5.56 Å². The number of amides is 1. The third-order valence-electron chi connectivity index (χ3n) is 3.56. The molecule has 3 N–H and O–H groups in total. The molecule has 1 aliphatic heterocycles. The van der Waals surface area contributed by atoms with Crippen molar-refractivity contribution in [3.8, 4) is 0 Å². The maximum Gasteiger partial charge on any atom is 0.238 e. The molecule has 18 heavy (non-hydrogen) atoms. The fraction of sp³-hybridized carbons (Fsp3) is 0.500. The monoisotopic (exact) mass is 247 g/mol. The van der Waals surface area contributed by atoms with Gasteiger partial charge in [0, 0.05) is 25.7 Å². The molecule has 1 fully saturated rings. The van der Waals surface area contributed by atoms with Crippen LogP contribution in [0.1, 0.15) is 18.9 Å². The molecule has 2 rings (SSSR count). The average Bonchev–Trinajstić information content (AvgIpc) is 2.51. The summed E-state index contributed by atoms with van der Waals surface area (Å²) in [7, 11) is 0. The number of nitrogens with one attached hydrogen (secondary N) is 1. The normalized spacial score (nSPS) is 25.6. The minimum Gasteiger partial charge on any atom is -0.355 e. The van der Waals surface area contributed by atoms with Gasteiger partial charge < -0.3 is 11.1 Å². The molecule has 1 heterocycles. The zero-order chi connectivity index (χ0) is 13.0. The summed E-state index contributed by atoms with van der Waals surface area (Å²) < 4.78 is 0. The van der Waals surface area contributed by atoms with Gasteiger partial charge in [-0.1, -0.05) is 30.3 Å². The van der Waals surface area contributed by atoms with Crippen LogP contribution in [0.4, 0.5) is 0 Å². The maximum absolute atomic E-state index is 12.0. The highest BCUT2D eigenvalue weighted by Crippen LogP contribution is 2.16. The predicted octanol–water partition coefficient (Wildman–Crippen LogP) is 0.724. The van der Waals surface area contributed by atoms with Crippen LogP contribution < -0.4 is 11.1 Å². The highest BCUT2D eigenvalue weighted by molar-refractivity contribution is 5.82. The van der Waals surface area contributed by atoms with E-state index in [4.69, 9.17) is 5.73 Å². The van der Waals surface area contributed by atoms with Gasteiger partial charge in [-0.05, 0) is 18.9 Å². The van der Waals surface area contributed by atoms with Gasteiger partial charge in [0.1, 0.15) is 6.04 Å². The zero-order valence-electron chi connectivity index (χ0n) is 10.8. The third-order valence-corrected chi connectivity index (χ3v) is 3.56. The van der Waals surface area contributed by atoms with Crippen LogP contribution >= 0.6 is 0 Å². The second-order valence-corrected chi connectivity index (χ2v) is 4.84. The van der Waals surface area contributed by atoms with E-state index in [1.807, 2.05) is 18.2 Å². The van der Waals surface area contributed by atoms with Crippen LogP contribution in [0.15, 0.2) is 30.3 Å². The summed E-state index contributed by atoms with van der Waals surface area (Å²) in [4.78, 5) is 14.2. The number of benzene rings is 1. The Morgan fingerprint density at radius 3 is 2.78 bits per heavy atom. The smallest absolute Gasteiger partial charge is 0.238 e. The number of carbonyl (C=O) groups excluding carboxylic acids is 1. The fourth-order valence-electron chi connectivity index (χ4n) is 2.45. The molecule has 98 valence electrons. The maximum atomic E-state index is 12.0. The third kappa shape index (κ3) is 2.89. The first kappa shape index (κ1) is 13.1. The molecule has 1 saturated heterocycles. The van der Waals surface area contributed by atoms with Crippen molar-refractivity contribution >= 4 is 5.91 Å². The molecule has 1 aromatic rings. The largest absolute Gasteiger partial charge is 0.355 e. The Bertz CT molecular complexity index is 393. The molecule has 0 saturated carbocycles. The van der Waals surface area contributed by atoms with E-state index < -0.39 is 0 Å². The molecule has 0 bridgehead atoms. The van der Waals surface area contributed by atoms with Crippen molar-refractivity contribution in [3.63, 3.8) is 0 Å². The summed E-state index contributed by atoms with van der Waals surface area (Å²) in [6.45, 7) is 4.04. The molecular formula is C14H21N3O. The summed E-state index contributed by atoms with van der Waals surface area (Å²) in [5.41, 5.74) is 6.99. The minimum atomic E-state index is -0.220. The van der Waals surface area contributed by atoms with Crippen molar-refractivity contribution in [2.45, 2.75) is 32.0 Å². The van der Waals surface area contributed by atoms with E-state index in [2.05, 4.69) is 29.3 Å². The molecule has 4 heteroatoms. The Labute approximate surface area is 108 Å². The molecule has 1 aromatic carbocycles. The van der Waals surface area contributed by atoms with Crippen molar-refractivity contribution in [1.82, 2.24) is 10.2 Å². The van der Waals surface area contributed by atoms with Gasteiger partial charge in [-0.2, -0.15) is 0 Å². The standard InChI is InChI=1S/C14H21N3O/c1-11-7-8-16-14(18)13(9-15)17(11)10-12-5-3-2-4-6-12/h2-6,11,13H,7-10,15H2,1H3,(H,16,18). The molecule has 1 amide bonds. The first-order valence-electron chi connectivity index (χ1n) is 6.50. The van der Waals surface area contributed by atoms with Gasteiger partial charge in [0.2, 0.25) is 5.91 Å². The van der Waals surface area contributed by atoms with E-state index >= 15 is 0 Å². The lowest BCUT2D eigenvalue weighted by Gasteiger charge is -2.32. The van der Waals surface area contributed by atoms with Gasteiger partial charge in [0.25, 0.3) is 0 Å². The molecular weight excluding hydrogens is 226 g/mol. The van der Waals surface area contributed by atoms with E-state index in [0.29, 0.717) is 12.6 Å². The Morgan fingerprint density at radius 1 is 1.39 bits per heavy atom. The summed E-state index contributed by atoms with van der Waals surface area (Å²) >= 11 is 0. The second-order valence-electron chi connectivity index (χ2n) is 4.84. The zero-order valence-corrected chi connectivity index (χ0v) is 10.8. The molecule has 1 aliphatic rings. The van der Waals surface area contributed by atoms with Crippen molar-refractivity contribution in [3.05, 3.63) is 35.9 Å². The Morgan fingerprint density at radius 2 is 2.11 bits per heavy atom. The molecule has 0 aromatic heterocycles. The molecule has 0 radical (unpaired) electrons. The van der Waals surface area contributed by atoms with Crippen LogP contribution in [-0.2, 0) is 11.3 Å². The highest BCUT2D eigenvalue weighted by atomic mass is 16.2. The van der Waals surface area contributed by atoms with Gasteiger partial charge >= 0.3 is 0 Å². The molecule has 4 nitrogen and oxygen atoms in total. The Hall–Kier alpha value is -1.39. The van der Waals surface area contributed by atoms with E-state index in [-0.39, 0.29) is 11.9 Å². The molecule has 0 aliphatic carbocycles. The van der Waals surface area contributed by atoms with E-state index in [0.717, 1.165) is 19.5 Å². The van der Waals surface area contributed by atoms with Gasteiger partial charge in [0.05, 0.1) is 0 Å². The number of rotatable bonds is 3. The van der Waals surface area contributed by atoms with Crippen LogP contribution in [0.25, 0.3) is 0 Å². The predicted molar refractivity (Wildman–Crippen MR) is 71.9 cm³/mol. The van der Waals surface area contributed by atoms with Crippen LogP contribution in [0, 0.1) is 0 Å². The van der Waals surface area contributed by atoms with Gasteiger partial charge in [-0.25, -0.2) is 0 Å². The molecule has 2 atom stereocenters. The van der Waals surface area contributed by atoms with Crippen LogP contribution in [0.2, 0.25) is 0 Å². The number of nitrogens with two attached hydrogens (primary N) is 1. The quantitative estimate of drug-likeness (QED) is 0.827. The van der Waals surface area contributed by atoms with Crippen LogP contribution in [0.3, 0.4) is 0 Å². The number of carbonyl (C=O) groups is 1. The Kier molecular flexibility index (Phi) is 4.33. The van der Waals surface area contributed by atoms with Crippen molar-refractivity contribution in [2.24, 2.45) is 5.73 Å². The van der Waals surface area contributed by atoms with Crippen LogP contribution in [-0.4, -0.2) is 36.0 Å². The van der Waals surface area contributed by atoms with E-state index in [9.17, 15) is 4.79 Å². The van der Waals surface area contributed by atoms with Gasteiger partial charge in [-0.15, -0.1) is 0 Å². The summed E-state index contributed by atoms with van der Waals surface area (Å²) in [6, 6.07) is 10.4. The number of nitrogens with zero attached hydrogens (tertiary/aromatic N) is 1. The molecule has 0 spiro atoms. The lowest BCUT2D eigenvalue weighted by Crippen LogP contribution is -2.50. The minimum absolute atomic E-state index is 0.0535. The highest BCUT2D eigenvalue weighted by Gasteiger charge is 2.30. The first-order chi connectivity index (χ1) is 8.72. The van der Waals surface area contributed by atoms with E-state index in [1.54, 1.807) is 0 Å². The van der Waals surface area contributed by atoms with Crippen molar-refractivity contribution in [2.75, 3.05) is 13.1 Å². The van der Waals surface area contributed by atoms with Crippen molar-refractivity contribution in [1.29, 1.82) is 0 Å². The lowest BCUT2D eigenvalue weighted by molar-refractivity contribution is -0.125.